The summed E-state index contributed by atoms with van der Waals surface area (Å²) in [5, 5.41) is 19.9. The van der Waals surface area contributed by atoms with Crippen molar-refractivity contribution in [3.63, 3.8) is 0 Å². The minimum absolute atomic E-state index is 0.0548. The van der Waals surface area contributed by atoms with E-state index in [2.05, 4.69) is 15.5 Å². The van der Waals surface area contributed by atoms with Crippen molar-refractivity contribution in [1.82, 2.24) is 10.2 Å². The van der Waals surface area contributed by atoms with Crippen LogP contribution in [-0.2, 0) is 17.8 Å². The number of hydrogen-bond acceptors (Lipinski definition) is 6. The van der Waals surface area contributed by atoms with Crippen LogP contribution in [0.4, 0.5) is 10.1 Å². The number of aromatic nitrogens is 2. The van der Waals surface area contributed by atoms with E-state index in [-0.39, 0.29) is 23.9 Å². The van der Waals surface area contributed by atoms with E-state index in [0.29, 0.717) is 22.9 Å². The summed E-state index contributed by atoms with van der Waals surface area (Å²) >= 11 is 1.10. The van der Waals surface area contributed by atoms with E-state index in [1.165, 1.54) is 24.3 Å². The second-order valence-electron chi connectivity index (χ2n) is 5.79. The molecular weight excluding hydrogens is 385 g/mol. The van der Waals surface area contributed by atoms with E-state index in [1.807, 2.05) is 0 Å². The van der Waals surface area contributed by atoms with Crippen LogP contribution in [0.1, 0.15) is 26.8 Å². The summed E-state index contributed by atoms with van der Waals surface area (Å²) in [6.45, 7) is 0.120. The standard InChI is InChI=1S/C19H16FN3O4S/c20-13-4-8-15(9-5-13)27-11-16-22-23-19(28-16)18(26)21-14-6-1-12(2-7-14)3-10-17(24)25/h1-2,4-9H,3,10-11H2,(H,21,26)(H,24,25). The predicted molar refractivity (Wildman–Crippen MR) is 101 cm³/mol. The maximum absolute atomic E-state index is 12.9. The molecule has 0 bridgehead atoms. The van der Waals surface area contributed by atoms with Gasteiger partial charge in [0.2, 0.25) is 5.01 Å². The zero-order valence-electron chi connectivity index (χ0n) is 14.6. The van der Waals surface area contributed by atoms with Gasteiger partial charge in [-0.25, -0.2) is 4.39 Å². The van der Waals surface area contributed by atoms with E-state index < -0.39 is 11.9 Å². The molecule has 0 unspecified atom stereocenters. The first-order valence-corrected chi connectivity index (χ1v) is 9.14. The number of rotatable bonds is 8. The highest BCUT2D eigenvalue weighted by Gasteiger charge is 2.13. The molecule has 0 saturated heterocycles. The Morgan fingerprint density at radius 1 is 1.07 bits per heavy atom. The highest BCUT2D eigenvalue weighted by Crippen LogP contribution is 2.17. The van der Waals surface area contributed by atoms with Crippen molar-refractivity contribution >= 4 is 28.9 Å². The lowest BCUT2D eigenvalue weighted by Gasteiger charge is -2.04. The summed E-state index contributed by atoms with van der Waals surface area (Å²) in [5.74, 6) is -1.11. The number of aryl methyl sites for hydroxylation is 1. The van der Waals surface area contributed by atoms with Gasteiger partial charge >= 0.3 is 5.97 Å². The molecule has 2 N–H and O–H groups in total. The number of carbonyl (C=O) groups is 2. The molecule has 28 heavy (non-hydrogen) atoms. The molecule has 2 aromatic carbocycles. The van der Waals surface area contributed by atoms with Gasteiger partial charge in [0, 0.05) is 12.1 Å². The fraction of sp³-hybridized carbons (Fsp3) is 0.158. The number of carboxylic acids is 1. The molecule has 0 radical (unpaired) electrons. The average Bonchev–Trinajstić information content (AvgIpc) is 3.16. The summed E-state index contributed by atoms with van der Waals surface area (Å²) in [6, 6.07) is 12.5. The average molecular weight is 401 g/mol. The van der Waals surface area contributed by atoms with Gasteiger partial charge in [-0.15, -0.1) is 10.2 Å². The topological polar surface area (TPSA) is 101 Å². The molecule has 0 fully saturated rings. The maximum Gasteiger partial charge on any atom is 0.303 e. The number of aliphatic carboxylic acids is 1. The van der Waals surface area contributed by atoms with Crippen molar-refractivity contribution < 1.29 is 23.8 Å². The van der Waals surface area contributed by atoms with Crippen molar-refractivity contribution in [3.8, 4) is 5.75 Å². The van der Waals surface area contributed by atoms with Gasteiger partial charge in [-0.05, 0) is 48.4 Å². The van der Waals surface area contributed by atoms with Gasteiger partial charge in [0.1, 0.15) is 18.2 Å². The maximum atomic E-state index is 12.9. The number of carbonyl (C=O) groups excluding carboxylic acids is 1. The van der Waals surface area contributed by atoms with Crippen molar-refractivity contribution in [2.24, 2.45) is 0 Å². The Morgan fingerprint density at radius 2 is 1.79 bits per heavy atom. The van der Waals surface area contributed by atoms with Gasteiger partial charge in [0.15, 0.2) is 5.01 Å². The van der Waals surface area contributed by atoms with Crippen LogP contribution in [0.15, 0.2) is 48.5 Å². The third-order valence-electron chi connectivity index (χ3n) is 3.68. The Labute approximate surface area is 163 Å². The summed E-state index contributed by atoms with van der Waals surface area (Å²) < 4.78 is 18.3. The van der Waals surface area contributed by atoms with Gasteiger partial charge < -0.3 is 15.2 Å². The van der Waals surface area contributed by atoms with Gasteiger partial charge in [-0.1, -0.05) is 23.5 Å². The highest BCUT2D eigenvalue weighted by atomic mass is 32.1. The van der Waals surface area contributed by atoms with Gasteiger partial charge in [-0.2, -0.15) is 0 Å². The number of nitrogens with one attached hydrogen (secondary N) is 1. The van der Waals surface area contributed by atoms with E-state index in [9.17, 15) is 14.0 Å². The Hall–Kier alpha value is -3.33. The minimum Gasteiger partial charge on any atom is -0.486 e. The number of anilines is 1. The SMILES string of the molecule is O=C(O)CCc1ccc(NC(=O)c2nnc(COc3ccc(F)cc3)s2)cc1. The predicted octanol–water partition coefficient (Wildman–Crippen LogP) is 3.53. The fourth-order valence-corrected chi connectivity index (χ4v) is 2.92. The fourth-order valence-electron chi connectivity index (χ4n) is 2.27. The molecule has 1 heterocycles. The van der Waals surface area contributed by atoms with Crippen molar-refractivity contribution in [3.05, 3.63) is 69.9 Å². The molecule has 0 atom stereocenters. The molecule has 0 aliphatic rings. The lowest BCUT2D eigenvalue weighted by atomic mass is 10.1. The number of ether oxygens (including phenoxy) is 1. The number of amides is 1. The largest absolute Gasteiger partial charge is 0.486 e. The van der Waals surface area contributed by atoms with Crippen LogP contribution < -0.4 is 10.1 Å². The van der Waals surface area contributed by atoms with E-state index in [1.54, 1.807) is 24.3 Å². The molecular formula is C19H16FN3O4S. The minimum atomic E-state index is -0.854. The molecule has 0 aliphatic carbocycles. The Balaban J connectivity index is 1.53. The first-order valence-electron chi connectivity index (χ1n) is 8.32. The van der Waals surface area contributed by atoms with E-state index >= 15 is 0 Å². The quantitative estimate of drug-likeness (QED) is 0.599. The molecule has 0 aliphatic heterocycles. The van der Waals surface area contributed by atoms with Crippen LogP contribution >= 0.6 is 11.3 Å². The summed E-state index contributed by atoms with van der Waals surface area (Å²) in [7, 11) is 0. The zero-order valence-corrected chi connectivity index (χ0v) is 15.4. The van der Waals surface area contributed by atoms with Crippen LogP contribution in [0.3, 0.4) is 0 Å². The van der Waals surface area contributed by atoms with E-state index in [4.69, 9.17) is 9.84 Å². The molecule has 3 rings (SSSR count). The van der Waals surface area contributed by atoms with Crippen molar-refractivity contribution in [2.45, 2.75) is 19.4 Å². The summed E-state index contributed by atoms with van der Waals surface area (Å²) in [4.78, 5) is 22.9. The molecule has 0 spiro atoms. The van der Waals surface area contributed by atoms with Crippen molar-refractivity contribution in [1.29, 1.82) is 0 Å². The normalized spacial score (nSPS) is 10.5. The summed E-state index contributed by atoms with van der Waals surface area (Å²) in [6.07, 6.45) is 0.483. The number of nitrogens with zero attached hydrogens (tertiary/aromatic N) is 2. The zero-order chi connectivity index (χ0) is 19.9. The second kappa shape index (κ2) is 9.05. The number of halogens is 1. The number of hydrogen-bond donors (Lipinski definition) is 2. The lowest BCUT2D eigenvalue weighted by Crippen LogP contribution is -2.11. The Bertz CT molecular complexity index is 958. The highest BCUT2D eigenvalue weighted by molar-refractivity contribution is 7.13. The molecule has 1 amide bonds. The van der Waals surface area contributed by atoms with Crippen LogP contribution in [-0.4, -0.2) is 27.2 Å². The number of benzene rings is 2. The van der Waals surface area contributed by atoms with Gasteiger partial charge in [0.05, 0.1) is 0 Å². The monoisotopic (exact) mass is 401 g/mol. The molecule has 7 nitrogen and oxygen atoms in total. The van der Waals surface area contributed by atoms with Crippen molar-refractivity contribution in [2.75, 3.05) is 5.32 Å². The van der Waals surface area contributed by atoms with Crippen LogP contribution in [0.5, 0.6) is 5.75 Å². The smallest absolute Gasteiger partial charge is 0.303 e. The lowest BCUT2D eigenvalue weighted by molar-refractivity contribution is -0.136. The molecule has 0 saturated carbocycles. The Morgan fingerprint density at radius 3 is 2.46 bits per heavy atom. The van der Waals surface area contributed by atoms with Crippen LogP contribution in [0.25, 0.3) is 0 Å². The second-order valence-corrected chi connectivity index (χ2v) is 6.85. The summed E-state index contributed by atoms with van der Waals surface area (Å²) in [5.41, 5.74) is 1.44. The first-order chi connectivity index (χ1) is 13.5. The molecule has 1 aromatic heterocycles. The number of carboxylic acid groups (broad SMARTS) is 1. The van der Waals surface area contributed by atoms with Crippen LogP contribution in [0, 0.1) is 5.82 Å². The molecule has 144 valence electrons. The molecule has 9 heteroatoms. The molecule has 3 aromatic rings. The van der Waals surface area contributed by atoms with Gasteiger partial charge in [-0.3, -0.25) is 9.59 Å². The third-order valence-corrected chi connectivity index (χ3v) is 4.57. The van der Waals surface area contributed by atoms with E-state index in [0.717, 1.165) is 16.9 Å². The third kappa shape index (κ3) is 5.58. The Kier molecular flexibility index (Phi) is 6.28. The van der Waals surface area contributed by atoms with Gasteiger partial charge in [0.25, 0.3) is 5.91 Å². The van der Waals surface area contributed by atoms with Crippen LogP contribution in [0.2, 0.25) is 0 Å². The first kappa shape index (κ1) is 19.4.